The number of likely N-dealkylation sites (tertiary alicyclic amines) is 2. The van der Waals surface area contributed by atoms with Gasteiger partial charge < -0.3 is 20.2 Å². The molecule has 2 aromatic carbocycles. The van der Waals surface area contributed by atoms with Crippen LogP contribution in [0.1, 0.15) is 35.7 Å². The van der Waals surface area contributed by atoms with Crippen LogP contribution in [0.5, 0.6) is 0 Å². The Kier molecular flexibility index (Phi) is 7.35. The third-order valence-corrected chi connectivity index (χ3v) is 7.29. The largest absolute Gasteiger partial charge is 0.380 e. The number of anilines is 1. The van der Waals surface area contributed by atoms with E-state index >= 15 is 0 Å². The first-order valence-corrected chi connectivity index (χ1v) is 12.2. The van der Waals surface area contributed by atoms with Crippen LogP contribution in [0.3, 0.4) is 0 Å². The van der Waals surface area contributed by atoms with Crippen LogP contribution in [0.4, 0.5) is 10.1 Å². The number of rotatable bonds is 6. The molecule has 2 aliphatic heterocycles. The number of hydrogen-bond donors (Lipinski definition) is 2. The number of piperidine rings is 1. The molecule has 9 heteroatoms. The summed E-state index contributed by atoms with van der Waals surface area (Å²) in [6.45, 7) is 4.40. The van der Waals surface area contributed by atoms with Crippen LogP contribution in [-0.2, 0) is 10.4 Å². The lowest BCUT2D eigenvalue weighted by Gasteiger charge is -2.48. The third kappa shape index (κ3) is 5.44. The van der Waals surface area contributed by atoms with E-state index in [1.165, 1.54) is 36.1 Å². The predicted molar refractivity (Wildman–Crippen MR) is 134 cm³/mol. The van der Waals surface area contributed by atoms with Gasteiger partial charge in [0.05, 0.1) is 16.6 Å². The Bertz CT molecular complexity index is 1080. The summed E-state index contributed by atoms with van der Waals surface area (Å²) in [5.41, 5.74) is 0.0813. The lowest BCUT2D eigenvalue weighted by atomic mass is 9.92. The van der Waals surface area contributed by atoms with Gasteiger partial charge in [-0.05, 0) is 55.7 Å². The van der Waals surface area contributed by atoms with Gasteiger partial charge in [0, 0.05) is 52.0 Å². The molecule has 2 saturated heterocycles. The van der Waals surface area contributed by atoms with Crippen LogP contribution < -0.4 is 5.32 Å². The molecule has 4 rings (SSSR count). The van der Waals surface area contributed by atoms with E-state index in [2.05, 4.69) is 10.2 Å². The highest BCUT2D eigenvalue weighted by molar-refractivity contribution is 6.34. The van der Waals surface area contributed by atoms with Crippen molar-refractivity contribution in [3.63, 3.8) is 0 Å². The van der Waals surface area contributed by atoms with Gasteiger partial charge in [-0.1, -0.05) is 23.7 Å². The Morgan fingerprint density at radius 2 is 1.74 bits per heavy atom. The maximum Gasteiger partial charge on any atom is 0.258 e. The molecule has 188 valence electrons. The van der Waals surface area contributed by atoms with Gasteiger partial charge in [-0.2, -0.15) is 0 Å². The summed E-state index contributed by atoms with van der Waals surface area (Å²) in [6.07, 6.45) is 1.68. The van der Waals surface area contributed by atoms with Crippen molar-refractivity contribution >= 4 is 29.1 Å². The predicted octanol–water partition coefficient (Wildman–Crippen LogP) is 3.18. The Hall–Kier alpha value is -2.68. The SMILES string of the molecule is CN(C)C(=O)c1ccc(NC2CN(C3CCN(C(=O)[C@@](C)(O)c4ccc(F)cc4)CC3)C2)cc1Cl. The number of aliphatic hydroxyl groups is 1. The summed E-state index contributed by atoms with van der Waals surface area (Å²) in [5.74, 6) is -0.876. The van der Waals surface area contributed by atoms with E-state index in [0.29, 0.717) is 41.3 Å². The van der Waals surface area contributed by atoms with Crippen LogP contribution in [0.2, 0.25) is 5.02 Å². The van der Waals surface area contributed by atoms with Gasteiger partial charge >= 0.3 is 0 Å². The molecule has 1 atom stereocenters. The van der Waals surface area contributed by atoms with Crippen molar-refractivity contribution in [1.29, 1.82) is 0 Å². The standard InChI is InChI=1S/C26H32ClFN4O3/c1-26(35,17-4-6-18(28)7-5-17)25(34)31-12-10-21(11-13-31)32-15-20(16-32)29-19-8-9-22(23(27)14-19)24(33)30(2)3/h4-9,14,20-21,29,35H,10-13,15-16H2,1-3H3/t26-/m0/s1. The molecule has 0 bridgehead atoms. The van der Waals surface area contributed by atoms with Crippen molar-refractivity contribution in [2.24, 2.45) is 0 Å². The van der Waals surface area contributed by atoms with E-state index in [1.54, 1.807) is 31.1 Å². The van der Waals surface area contributed by atoms with Crippen molar-refractivity contribution in [3.05, 3.63) is 64.4 Å². The van der Waals surface area contributed by atoms with Crippen molar-refractivity contribution in [2.45, 2.75) is 37.5 Å². The van der Waals surface area contributed by atoms with E-state index < -0.39 is 11.4 Å². The van der Waals surface area contributed by atoms with Crippen molar-refractivity contribution < 1.29 is 19.1 Å². The zero-order chi connectivity index (χ0) is 25.3. The highest BCUT2D eigenvalue weighted by Gasteiger charge is 2.40. The van der Waals surface area contributed by atoms with Crippen molar-refractivity contribution in [3.8, 4) is 0 Å². The molecular weight excluding hydrogens is 471 g/mol. The minimum Gasteiger partial charge on any atom is -0.380 e. The maximum absolute atomic E-state index is 13.2. The number of carbonyl (C=O) groups is 2. The summed E-state index contributed by atoms with van der Waals surface area (Å²) in [5, 5.41) is 14.7. The summed E-state index contributed by atoms with van der Waals surface area (Å²) in [7, 11) is 3.39. The van der Waals surface area contributed by atoms with Gasteiger partial charge in [0.15, 0.2) is 5.60 Å². The van der Waals surface area contributed by atoms with Crippen LogP contribution in [0.15, 0.2) is 42.5 Å². The van der Waals surface area contributed by atoms with Gasteiger partial charge in [-0.15, -0.1) is 0 Å². The molecule has 2 fully saturated rings. The number of hydrogen-bond acceptors (Lipinski definition) is 5. The van der Waals surface area contributed by atoms with Gasteiger partial charge in [-0.3, -0.25) is 14.5 Å². The lowest BCUT2D eigenvalue weighted by Crippen LogP contribution is -2.61. The molecule has 0 saturated carbocycles. The van der Waals surface area contributed by atoms with Gasteiger partial charge in [0.1, 0.15) is 5.82 Å². The molecule has 7 nitrogen and oxygen atoms in total. The fraction of sp³-hybridized carbons (Fsp3) is 0.462. The van der Waals surface area contributed by atoms with Crippen molar-refractivity contribution in [1.82, 2.24) is 14.7 Å². The molecule has 0 unspecified atom stereocenters. The molecule has 0 spiro atoms. The minimum atomic E-state index is -1.68. The van der Waals surface area contributed by atoms with Crippen LogP contribution in [0.25, 0.3) is 0 Å². The zero-order valence-electron chi connectivity index (χ0n) is 20.3. The fourth-order valence-electron chi connectivity index (χ4n) is 4.80. The van der Waals surface area contributed by atoms with E-state index in [9.17, 15) is 19.1 Å². The molecule has 0 aliphatic carbocycles. The van der Waals surface area contributed by atoms with Gasteiger partial charge in [-0.25, -0.2) is 4.39 Å². The summed E-state index contributed by atoms with van der Waals surface area (Å²) < 4.78 is 13.2. The average molecular weight is 503 g/mol. The van der Waals surface area contributed by atoms with E-state index in [-0.39, 0.29) is 11.8 Å². The molecule has 2 aromatic rings. The first-order chi connectivity index (χ1) is 16.6. The number of carbonyl (C=O) groups excluding carboxylic acids is 2. The number of halogens is 2. The number of amides is 2. The summed E-state index contributed by atoms with van der Waals surface area (Å²) in [6, 6.07) is 11.5. The molecule has 2 aliphatic rings. The molecule has 0 aromatic heterocycles. The Morgan fingerprint density at radius 3 is 2.31 bits per heavy atom. The molecule has 2 N–H and O–H groups in total. The monoisotopic (exact) mass is 502 g/mol. The van der Waals surface area contributed by atoms with E-state index in [0.717, 1.165) is 31.6 Å². The second-order valence-electron chi connectivity index (χ2n) is 9.79. The van der Waals surface area contributed by atoms with E-state index in [4.69, 9.17) is 11.6 Å². The van der Waals surface area contributed by atoms with Crippen LogP contribution in [0, 0.1) is 5.82 Å². The van der Waals surface area contributed by atoms with Gasteiger partial charge in [0.2, 0.25) is 0 Å². The lowest BCUT2D eigenvalue weighted by molar-refractivity contribution is -0.152. The Morgan fingerprint density at radius 1 is 1.11 bits per heavy atom. The zero-order valence-corrected chi connectivity index (χ0v) is 21.1. The van der Waals surface area contributed by atoms with Crippen LogP contribution in [-0.4, -0.2) is 84.0 Å². The molecule has 0 radical (unpaired) electrons. The highest BCUT2D eigenvalue weighted by Crippen LogP contribution is 2.29. The normalized spacial score (nSPS) is 19.1. The molecular formula is C26H32ClFN4O3. The minimum absolute atomic E-state index is 0.125. The first kappa shape index (κ1) is 25.4. The first-order valence-electron chi connectivity index (χ1n) is 11.9. The Labute approximate surface area is 210 Å². The second kappa shape index (κ2) is 10.1. The smallest absolute Gasteiger partial charge is 0.258 e. The highest BCUT2D eigenvalue weighted by atomic mass is 35.5. The Balaban J connectivity index is 1.25. The van der Waals surface area contributed by atoms with Crippen LogP contribution >= 0.6 is 11.6 Å². The van der Waals surface area contributed by atoms with E-state index in [1.807, 2.05) is 6.07 Å². The number of benzene rings is 2. The molecule has 2 amide bonds. The average Bonchev–Trinajstić information content (AvgIpc) is 2.80. The quantitative estimate of drug-likeness (QED) is 0.634. The topological polar surface area (TPSA) is 76.1 Å². The molecule has 35 heavy (non-hydrogen) atoms. The van der Waals surface area contributed by atoms with Crippen molar-refractivity contribution in [2.75, 3.05) is 45.6 Å². The third-order valence-electron chi connectivity index (χ3n) is 6.98. The molecule has 2 heterocycles. The number of nitrogens with one attached hydrogen (secondary N) is 1. The maximum atomic E-state index is 13.2. The van der Waals surface area contributed by atoms with Gasteiger partial charge in [0.25, 0.3) is 11.8 Å². The summed E-state index contributed by atoms with van der Waals surface area (Å²) in [4.78, 5) is 30.7. The fourth-order valence-corrected chi connectivity index (χ4v) is 5.06. The summed E-state index contributed by atoms with van der Waals surface area (Å²) >= 11 is 6.32. The number of nitrogens with zero attached hydrogens (tertiary/aromatic N) is 3. The second-order valence-corrected chi connectivity index (χ2v) is 10.2.